The summed E-state index contributed by atoms with van der Waals surface area (Å²) in [4.78, 5) is 0. The topological polar surface area (TPSA) is 12.0 Å². The SMILES string of the molecule is Cc1ccc(C[C@@H]2CNC[C@H]2C)cc1. The van der Waals surface area contributed by atoms with Crippen LogP contribution < -0.4 is 5.32 Å². The summed E-state index contributed by atoms with van der Waals surface area (Å²) < 4.78 is 0. The van der Waals surface area contributed by atoms with Crippen molar-refractivity contribution < 1.29 is 0 Å². The first-order valence-corrected chi connectivity index (χ1v) is 5.52. The molecule has 2 atom stereocenters. The van der Waals surface area contributed by atoms with Crippen LogP contribution in [0.3, 0.4) is 0 Å². The number of hydrogen-bond donors (Lipinski definition) is 1. The normalized spacial score (nSPS) is 26.7. The van der Waals surface area contributed by atoms with Gasteiger partial charge in [-0.1, -0.05) is 36.8 Å². The summed E-state index contributed by atoms with van der Waals surface area (Å²) in [6.45, 7) is 6.87. The van der Waals surface area contributed by atoms with E-state index in [0.717, 1.165) is 11.8 Å². The van der Waals surface area contributed by atoms with Crippen molar-refractivity contribution in [3.05, 3.63) is 35.4 Å². The lowest BCUT2D eigenvalue weighted by molar-refractivity contribution is 0.450. The van der Waals surface area contributed by atoms with Crippen LogP contribution in [-0.4, -0.2) is 13.1 Å². The van der Waals surface area contributed by atoms with Gasteiger partial charge in [-0.2, -0.15) is 0 Å². The Morgan fingerprint density at radius 3 is 2.50 bits per heavy atom. The summed E-state index contributed by atoms with van der Waals surface area (Å²) in [6.07, 6.45) is 1.23. The molecule has 0 bridgehead atoms. The molecule has 1 aliphatic rings. The molecule has 14 heavy (non-hydrogen) atoms. The third-order valence-electron chi connectivity index (χ3n) is 3.30. The van der Waals surface area contributed by atoms with Gasteiger partial charge in [0.25, 0.3) is 0 Å². The molecule has 1 aromatic rings. The fourth-order valence-electron chi connectivity index (χ4n) is 2.16. The van der Waals surface area contributed by atoms with Gasteiger partial charge in [-0.3, -0.25) is 0 Å². The summed E-state index contributed by atoms with van der Waals surface area (Å²) >= 11 is 0. The van der Waals surface area contributed by atoms with Crippen LogP contribution in [0.4, 0.5) is 0 Å². The predicted molar refractivity (Wildman–Crippen MR) is 60.4 cm³/mol. The van der Waals surface area contributed by atoms with E-state index in [1.54, 1.807) is 0 Å². The van der Waals surface area contributed by atoms with Gasteiger partial charge in [0.1, 0.15) is 0 Å². The molecule has 1 nitrogen and oxygen atoms in total. The summed E-state index contributed by atoms with van der Waals surface area (Å²) in [5, 5.41) is 3.45. The third kappa shape index (κ3) is 2.16. The Hall–Kier alpha value is -0.820. The number of nitrogens with one attached hydrogen (secondary N) is 1. The highest BCUT2D eigenvalue weighted by atomic mass is 14.9. The molecule has 1 N–H and O–H groups in total. The Balaban J connectivity index is 2.00. The van der Waals surface area contributed by atoms with Crippen molar-refractivity contribution in [1.82, 2.24) is 5.32 Å². The summed E-state index contributed by atoms with van der Waals surface area (Å²) in [7, 11) is 0. The van der Waals surface area contributed by atoms with Crippen molar-refractivity contribution in [3.8, 4) is 0 Å². The van der Waals surface area contributed by atoms with Crippen LogP contribution in [0.1, 0.15) is 18.1 Å². The highest BCUT2D eigenvalue weighted by Gasteiger charge is 2.22. The molecule has 0 amide bonds. The molecule has 1 aromatic carbocycles. The molecule has 0 spiro atoms. The van der Waals surface area contributed by atoms with E-state index in [2.05, 4.69) is 43.4 Å². The van der Waals surface area contributed by atoms with E-state index in [1.165, 1.54) is 30.6 Å². The number of benzene rings is 1. The monoisotopic (exact) mass is 189 g/mol. The minimum atomic E-state index is 0.830. The second-order valence-corrected chi connectivity index (χ2v) is 4.59. The minimum absolute atomic E-state index is 0.830. The van der Waals surface area contributed by atoms with Gasteiger partial charge in [0.2, 0.25) is 0 Å². The van der Waals surface area contributed by atoms with Crippen LogP contribution in [0.5, 0.6) is 0 Å². The van der Waals surface area contributed by atoms with Crippen molar-refractivity contribution in [2.45, 2.75) is 20.3 Å². The highest BCUT2D eigenvalue weighted by Crippen LogP contribution is 2.20. The first-order valence-electron chi connectivity index (χ1n) is 5.52. The van der Waals surface area contributed by atoms with Crippen molar-refractivity contribution in [2.75, 3.05) is 13.1 Å². The fraction of sp³-hybridized carbons (Fsp3) is 0.538. The number of aryl methyl sites for hydroxylation is 1. The minimum Gasteiger partial charge on any atom is -0.316 e. The van der Waals surface area contributed by atoms with Crippen LogP contribution in [0.15, 0.2) is 24.3 Å². The van der Waals surface area contributed by atoms with Gasteiger partial charge >= 0.3 is 0 Å². The summed E-state index contributed by atoms with van der Waals surface area (Å²) in [6, 6.07) is 8.95. The number of rotatable bonds is 2. The Morgan fingerprint density at radius 2 is 1.93 bits per heavy atom. The van der Waals surface area contributed by atoms with Crippen LogP contribution in [-0.2, 0) is 6.42 Å². The molecular formula is C13H19N. The van der Waals surface area contributed by atoms with Gasteiger partial charge in [0, 0.05) is 0 Å². The van der Waals surface area contributed by atoms with E-state index >= 15 is 0 Å². The molecule has 76 valence electrons. The van der Waals surface area contributed by atoms with E-state index in [9.17, 15) is 0 Å². The molecule has 2 rings (SSSR count). The van der Waals surface area contributed by atoms with Crippen LogP contribution in [0.2, 0.25) is 0 Å². The molecule has 0 unspecified atom stereocenters. The van der Waals surface area contributed by atoms with Gasteiger partial charge in [0.15, 0.2) is 0 Å². The zero-order valence-corrected chi connectivity index (χ0v) is 9.09. The largest absolute Gasteiger partial charge is 0.316 e. The van der Waals surface area contributed by atoms with E-state index in [-0.39, 0.29) is 0 Å². The van der Waals surface area contributed by atoms with Crippen molar-refractivity contribution in [2.24, 2.45) is 11.8 Å². The molecule has 0 aromatic heterocycles. The molecule has 0 aliphatic carbocycles. The maximum atomic E-state index is 3.45. The predicted octanol–water partition coefficient (Wildman–Crippen LogP) is 2.39. The van der Waals surface area contributed by atoms with Gasteiger partial charge in [-0.15, -0.1) is 0 Å². The van der Waals surface area contributed by atoms with Gasteiger partial charge in [-0.25, -0.2) is 0 Å². The third-order valence-corrected chi connectivity index (χ3v) is 3.30. The maximum absolute atomic E-state index is 3.45. The van der Waals surface area contributed by atoms with Gasteiger partial charge in [-0.05, 0) is 43.8 Å². The lowest BCUT2D eigenvalue weighted by atomic mass is 9.91. The molecule has 1 saturated heterocycles. The quantitative estimate of drug-likeness (QED) is 0.753. The average molecular weight is 189 g/mol. The molecule has 1 fully saturated rings. The first kappa shape index (κ1) is 9.72. The molecule has 1 heterocycles. The molecule has 0 radical (unpaired) electrons. The second-order valence-electron chi connectivity index (χ2n) is 4.59. The Labute approximate surface area is 86.5 Å². The Kier molecular flexibility index (Phi) is 2.87. The van der Waals surface area contributed by atoms with Crippen molar-refractivity contribution in [1.29, 1.82) is 0 Å². The van der Waals surface area contributed by atoms with E-state index in [1.807, 2.05) is 0 Å². The molecule has 1 aliphatic heterocycles. The molecular weight excluding hydrogens is 170 g/mol. The highest BCUT2D eigenvalue weighted by molar-refractivity contribution is 5.21. The van der Waals surface area contributed by atoms with E-state index < -0.39 is 0 Å². The fourth-order valence-corrected chi connectivity index (χ4v) is 2.16. The lowest BCUT2D eigenvalue weighted by Crippen LogP contribution is -2.12. The second kappa shape index (κ2) is 4.14. The van der Waals surface area contributed by atoms with Crippen LogP contribution >= 0.6 is 0 Å². The summed E-state index contributed by atoms with van der Waals surface area (Å²) in [5.74, 6) is 1.66. The average Bonchev–Trinajstić information content (AvgIpc) is 2.56. The number of hydrogen-bond acceptors (Lipinski definition) is 1. The first-order chi connectivity index (χ1) is 6.75. The lowest BCUT2D eigenvalue weighted by Gasteiger charge is -2.13. The maximum Gasteiger partial charge on any atom is -0.00142 e. The van der Waals surface area contributed by atoms with Crippen LogP contribution in [0, 0.1) is 18.8 Å². The Bertz CT molecular complexity index is 289. The Morgan fingerprint density at radius 1 is 1.21 bits per heavy atom. The van der Waals surface area contributed by atoms with Crippen LogP contribution in [0.25, 0.3) is 0 Å². The van der Waals surface area contributed by atoms with E-state index in [4.69, 9.17) is 0 Å². The molecule has 1 heteroatoms. The van der Waals surface area contributed by atoms with Gasteiger partial charge < -0.3 is 5.32 Å². The zero-order chi connectivity index (χ0) is 9.97. The van der Waals surface area contributed by atoms with Crippen molar-refractivity contribution in [3.63, 3.8) is 0 Å². The summed E-state index contributed by atoms with van der Waals surface area (Å²) in [5.41, 5.74) is 2.84. The smallest absolute Gasteiger partial charge is 0.00142 e. The zero-order valence-electron chi connectivity index (χ0n) is 9.09. The standard InChI is InChI=1S/C13H19N/c1-10-3-5-12(6-4-10)7-13-9-14-8-11(13)2/h3-6,11,13-14H,7-9H2,1-2H3/t11-,13-/m1/s1. The van der Waals surface area contributed by atoms with Gasteiger partial charge in [0.05, 0.1) is 0 Å². The molecule has 0 saturated carbocycles. The van der Waals surface area contributed by atoms with Crippen molar-refractivity contribution >= 4 is 0 Å². The van der Waals surface area contributed by atoms with E-state index in [0.29, 0.717) is 0 Å².